The Bertz CT molecular complexity index is 1130. The zero-order valence-electron chi connectivity index (χ0n) is 44.0. The number of ether oxygens (including phenoxy) is 2. The molecule has 0 aliphatic heterocycles. The van der Waals surface area contributed by atoms with Crippen molar-refractivity contribution in [3.05, 3.63) is 60.8 Å². The Morgan fingerprint density at radius 3 is 0.909 bits per heavy atom. The number of esters is 2. The molecule has 0 saturated heterocycles. The van der Waals surface area contributed by atoms with Crippen molar-refractivity contribution in [1.82, 2.24) is 0 Å². The van der Waals surface area contributed by atoms with E-state index in [0.717, 1.165) is 57.8 Å². The predicted molar refractivity (Wildman–Crippen MR) is 288 cm³/mol. The number of aliphatic hydroxyl groups is 1. The molecule has 66 heavy (non-hydrogen) atoms. The molecular weight excluding hydrogens is 813 g/mol. The maximum Gasteiger partial charge on any atom is 0.306 e. The second-order valence-corrected chi connectivity index (χ2v) is 19.4. The molecule has 5 heteroatoms. The lowest BCUT2D eigenvalue weighted by Crippen LogP contribution is -2.28. The van der Waals surface area contributed by atoms with Crippen LogP contribution in [0, 0.1) is 0 Å². The Hall–Kier alpha value is -2.40. The van der Waals surface area contributed by atoms with Gasteiger partial charge in [0, 0.05) is 12.8 Å². The average Bonchev–Trinajstić information content (AvgIpc) is 3.32. The standard InChI is InChI=1S/C61H110O5/c1-3-5-7-9-11-13-15-17-19-21-23-25-27-29-30-32-33-35-37-39-41-43-45-47-49-51-53-55-60(63)65-58-59(57-62)66-61(64)56-54-52-50-48-46-44-42-40-38-36-34-31-28-26-24-22-20-18-16-14-12-10-8-6-4-2/h15-18,21-24,28,31,59,62H,3-14,19-20,25-27,29-30,32-58H2,1-2H3/b17-15-,18-16-,23-21-,24-22-,31-28-. The zero-order valence-corrected chi connectivity index (χ0v) is 44.0. The van der Waals surface area contributed by atoms with Gasteiger partial charge in [0.2, 0.25) is 0 Å². The quantitative estimate of drug-likeness (QED) is 0.0374. The summed E-state index contributed by atoms with van der Waals surface area (Å²) in [5, 5.41) is 9.66. The molecule has 0 aromatic rings. The van der Waals surface area contributed by atoms with Crippen LogP contribution in [0.5, 0.6) is 0 Å². The summed E-state index contributed by atoms with van der Waals surface area (Å²) >= 11 is 0. The van der Waals surface area contributed by atoms with Gasteiger partial charge in [-0.3, -0.25) is 9.59 Å². The van der Waals surface area contributed by atoms with Crippen molar-refractivity contribution in [3.63, 3.8) is 0 Å². The number of carbonyl (C=O) groups is 2. The number of hydrogen-bond donors (Lipinski definition) is 1. The zero-order chi connectivity index (χ0) is 47.7. The van der Waals surface area contributed by atoms with Gasteiger partial charge in [-0.1, -0.05) is 261 Å². The van der Waals surface area contributed by atoms with Crippen LogP contribution >= 0.6 is 0 Å². The summed E-state index contributed by atoms with van der Waals surface area (Å²) in [6.45, 7) is 4.15. The highest BCUT2D eigenvalue weighted by Gasteiger charge is 2.16. The van der Waals surface area contributed by atoms with Gasteiger partial charge in [0.25, 0.3) is 0 Å². The van der Waals surface area contributed by atoms with Crippen molar-refractivity contribution in [2.45, 2.75) is 302 Å². The summed E-state index contributed by atoms with van der Waals surface area (Å²) in [5.74, 6) is -0.585. The third-order valence-corrected chi connectivity index (χ3v) is 12.8. The lowest BCUT2D eigenvalue weighted by molar-refractivity contribution is -0.161. The van der Waals surface area contributed by atoms with Crippen molar-refractivity contribution in [2.75, 3.05) is 13.2 Å². The summed E-state index contributed by atoms with van der Waals surface area (Å²) in [7, 11) is 0. The van der Waals surface area contributed by atoms with Gasteiger partial charge in [-0.2, -0.15) is 0 Å². The molecule has 1 unspecified atom stereocenters. The van der Waals surface area contributed by atoms with Crippen LogP contribution in [-0.4, -0.2) is 36.4 Å². The highest BCUT2D eigenvalue weighted by molar-refractivity contribution is 5.70. The molecule has 384 valence electrons. The van der Waals surface area contributed by atoms with E-state index < -0.39 is 6.10 Å². The monoisotopic (exact) mass is 923 g/mol. The molecule has 5 nitrogen and oxygen atoms in total. The molecule has 0 spiro atoms. The van der Waals surface area contributed by atoms with E-state index in [4.69, 9.17) is 9.47 Å². The van der Waals surface area contributed by atoms with E-state index in [0.29, 0.717) is 12.8 Å². The molecule has 0 rings (SSSR count). The molecule has 0 amide bonds. The maximum absolute atomic E-state index is 12.3. The third-order valence-electron chi connectivity index (χ3n) is 12.8. The summed E-state index contributed by atoms with van der Waals surface area (Å²) in [6, 6.07) is 0. The maximum atomic E-state index is 12.3. The summed E-state index contributed by atoms with van der Waals surface area (Å²) in [5.41, 5.74) is 0. The molecule has 0 aliphatic rings. The minimum atomic E-state index is -0.776. The Kier molecular flexibility index (Phi) is 54.9. The first-order chi connectivity index (χ1) is 32.6. The molecular formula is C61H110O5. The van der Waals surface area contributed by atoms with Crippen LogP contribution in [0.2, 0.25) is 0 Å². The van der Waals surface area contributed by atoms with Crippen LogP contribution in [-0.2, 0) is 19.1 Å². The number of aliphatic hydroxyl groups excluding tert-OH is 1. The second-order valence-electron chi connectivity index (χ2n) is 19.4. The van der Waals surface area contributed by atoms with E-state index >= 15 is 0 Å². The first kappa shape index (κ1) is 63.6. The first-order valence-electron chi connectivity index (χ1n) is 28.8. The first-order valence-corrected chi connectivity index (χ1v) is 28.8. The third kappa shape index (κ3) is 54.2. The van der Waals surface area contributed by atoms with Crippen molar-refractivity contribution in [3.8, 4) is 0 Å². The Labute approximate surface area is 411 Å². The van der Waals surface area contributed by atoms with Crippen molar-refractivity contribution >= 4 is 11.9 Å². The summed E-state index contributed by atoms with van der Waals surface area (Å²) in [4.78, 5) is 24.5. The highest BCUT2D eigenvalue weighted by Crippen LogP contribution is 2.16. The van der Waals surface area contributed by atoms with E-state index in [-0.39, 0.29) is 25.2 Å². The number of carbonyl (C=O) groups excluding carboxylic acids is 2. The normalized spacial score (nSPS) is 12.6. The smallest absolute Gasteiger partial charge is 0.306 e. The fourth-order valence-electron chi connectivity index (χ4n) is 8.42. The van der Waals surface area contributed by atoms with Gasteiger partial charge in [0.15, 0.2) is 6.10 Å². The Morgan fingerprint density at radius 1 is 0.348 bits per heavy atom. The summed E-state index contributed by atoms with van der Waals surface area (Å²) < 4.78 is 10.7. The van der Waals surface area contributed by atoms with Gasteiger partial charge < -0.3 is 14.6 Å². The molecule has 0 heterocycles. The van der Waals surface area contributed by atoms with Crippen LogP contribution in [0.25, 0.3) is 0 Å². The molecule has 0 radical (unpaired) electrons. The van der Waals surface area contributed by atoms with Gasteiger partial charge >= 0.3 is 11.9 Å². The minimum Gasteiger partial charge on any atom is -0.462 e. The molecule has 0 aliphatic carbocycles. The van der Waals surface area contributed by atoms with Crippen molar-refractivity contribution in [1.29, 1.82) is 0 Å². The number of unbranched alkanes of at least 4 members (excludes halogenated alkanes) is 35. The van der Waals surface area contributed by atoms with Crippen LogP contribution in [0.3, 0.4) is 0 Å². The van der Waals surface area contributed by atoms with Crippen LogP contribution in [0.4, 0.5) is 0 Å². The predicted octanol–water partition coefficient (Wildman–Crippen LogP) is 19.4. The molecule has 0 fully saturated rings. The summed E-state index contributed by atoms with van der Waals surface area (Å²) in [6.07, 6.45) is 76.2. The topological polar surface area (TPSA) is 72.8 Å². The molecule has 0 saturated carbocycles. The Morgan fingerprint density at radius 2 is 0.606 bits per heavy atom. The molecule has 1 atom stereocenters. The molecule has 1 N–H and O–H groups in total. The number of allylic oxidation sites excluding steroid dienone is 10. The average molecular weight is 924 g/mol. The Balaban J connectivity index is 3.48. The van der Waals surface area contributed by atoms with Crippen LogP contribution < -0.4 is 0 Å². The fourth-order valence-corrected chi connectivity index (χ4v) is 8.42. The lowest BCUT2D eigenvalue weighted by atomic mass is 10.0. The van der Waals surface area contributed by atoms with E-state index in [1.54, 1.807) is 0 Å². The van der Waals surface area contributed by atoms with Crippen LogP contribution in [0.15, 0.2) is 60.8 Å². The van der Waals surface area contributed by atoms with Gasteiger partial charge in [-0.15, -0.1) is 0 Å². The largest absolute Gasteiger partial charge is 0.462 e. The minimum absolute atomic E-state index is 0.0668. The van der Waals surface area contributed by atoms with Gasteiger partial charge in [0.05, 0.1) is 6.61 Å². The second kappa shape index (κ2) is 56.9. The van der Waals surface area contributed by atoms with E-state index in [1.165, 1.54) is 212 Å². The SMILES string of the molecule is CCCCCCC/C=C\C/C=C\C/C=C\CCCCCCCCCCCCC(=O)OC(CO)COC(=O)CCCCCCCCCCCCCCCCC/C=C\C/C=C\CCCCCCC. The highest BCUT2D eigenvalue weighted by atomic mass is 16.6. The van der Waals surface area contributed by atoms with Gasteiger partial charge in [-0.05, 0) is 83.5 Å². The number of rotatable bonds is 53. The molecule has 0 aromatic heterocycles. The van der Waals surface area contributed by atoms with Crippen molar-refractivity contribution in [2.24, 2.45) is 0 Å². The van der Waals surface area contributed by atoms with E-state index in [2.05, 4.69) is 74.6 Å². The molecule has 0 bridgehead atoms. The van der Waals surface area contributed by atoms with E-state index in [1.807, 2.05) is 0 Å². The number of hydrogen-bond acceptors (Lipinski definition) is 5. The molecule has 0 aromatic carbocycles. The fraction of sp³-hybridized carbons (Fsp3) is 0.803. The van der Waals surface area contributed by atoms with Gasteiger partial charge in [-0.25, -0.2) is 0 Å². The van der Waals surface area contributed by atoms with Crippen molar-refractivity contribution < 1.29 is 24.2 Å². The van der Waals surface area contributed by atoms with Gasteiger partial charge in [0.1, 0.15) is 6.61 Å². The lowest BCUT2D eigenvalue weighted by Gasteiger charge is -2.15. The van der Waals surface area contributed by atoms with Crippen LogP contribution in [0.1, 0.15) is 296 Å². The van der Waals surface area contributed by atoms with E-state index in [9.17, 15) is 14.7 Å².